The van der Waals surface area contributed by atoms with Crippen LogP contribution in [0.5, 0.6) is 0 Å². The van der Waals surface area contributed by atoms with Gasteiger partial charge in [-0.3, -0.25) is 10.1 Å². The molecule has 0 spiro atoms. The molecular weight excluding hydrogens is 339 g/mol. The van der Waals surface area contributed by atoms with Gasteiger partial charge in [-0.05, 0) is 18.2 Å². The smallest absolute Gasteiger partial charge is 0.269 e. The molecule has 0 aliphatic rings. The molecule has 2 aromatic rings. The van der Waals surface area contributed by atoms with Crippen molar-refractivity contribution in [2.45, 2.75) is 4.90 Å². The Morgan fingerprint density at radius 1 is 1.00 bits per heavy atom. The van der Waals surface area contributed by atoms with Gasteiger partial charge in [-0.25, -0.2) is 8.42 Å². The van der Waals surface area contributed by atoms with Gasteiger partial charge >= 0.3 is 0 Å². The number of nitrogens with zero attached hydrogens (tertiary/aromatic N) is 2. The number of nitro groups is 1. The Morgan fingerprint density at radius 2 is 1.52 bits per heavy atom. The topological polar surface area (TPSA) is 91.4 Å². The highest BCUT2D eigenvalue weighted by molar-refractivity contribution is 7.94. The summed E-state index contributed by atoms with van der Waals surface area (Å²) in [5, 5.41) is 11.0. The van der Waals surface area contributed by atoms with Crippen LogP contribution in [0.15, 0.2) is 47.4 Å². The SMILES string of the molecule is O=[N+]([O-])c1ccc(S(=O)(=O)[N-]c2cc(Cl)cc(Cl)c2)cc1. The Labute approximate surface area is 130 Å². The van der Waals surface area contributed by atoms with E-state index in [0.717, 1.165) is 24.3 Å². The van der Waals surface area contributed by atoms with Gasteiger partial charge in [-0.15, -0.1) is 5.69 Å². The van der Waals surface area contributed by atoms with E-state index in [9.17, 15) is 18.5 Å². The van der Waals surface area contributed by atoms with Crippen LogP contribution in [0, 0.1) is 10.1 Å². The van der Waals surface area contributed by atoms with E-state index in [1.165, 1.54) is 18.2 Å². The van der Waals surface area contributed by atoms with Gasteiger partial charge in [0.25, 0.3) is 5.69 Å². The summed E-state index contributed by atoms with van der Waals surface area (Å²) in [5.41, 5.74) is -0.134. The molecule has 0 N–H and O–H groups in total. The van der Waals surface area contributed by atoms with Crippen molar-refractivity contribution >= 4 is 44.6 Å². The fourth-order valence-corrected chi connectivity index (χ4v) is 3.01. The summed E-state index contributed by atoms with van der Waals surface area (Å²) in [4.78, 5) is 9.75. The second kappa shape index (κ2) is 5.88. The number of hydrogen-bond donors (Lipinski definition) is 0. The minimum Gasteiger partial charge on any atom is -0.573 e. The molecule has 0 amide bonds. The molecule has 0 unspecified atom stereocenters. The van der Waals surface area contributed by atoms with Gasteiger partial charge in [0, 0.05) is 22.2 Å². The summed E-state index contributed by atoms with van der Waals surface area (Å²) in [7, 11) is -4.00. The van der Waals surface area contributed by atoms with Crippen molar-refractivity contribution in [3.8, 4) is 0 Å². The number of benzene rings is 2. The third kappa shape index (κ3) is 3.84. The first-order chi connectivity index (χ1) is 9.78. The van der Waals surface area contributed by atoms with Crippen LogP contribution in [0.3, 0.4) is 0 Å². The lowest BCUT2D eigenvalue weighted by atomic mass is 10.3. The lowest BCUT2D eigenvalue weighted by molar-refractivity contribution is -0.384. The molecule has 6 nitrogen and oxygen atoms in total. The minimum absolute atomic E-state index is 0.0749. The zero-order valence-corrected chi connectivity index (χ0v) is 12.6. The third-order valence-corrected chi connectivity index (χ3v) is 4.17. The van der Waals surface area contributed by atoms with Gasteiger partial charge < -0.3 is 4.72 Å². The molecule has 0 saturated carbocycles. The molecule has 0 aliphatic carbocycles. The van der Waals surface area contributed by atoms with Crippen LogP contribution in [0.2, 0.25) is 10.0 Å². The van der Waals surface area contributed by atoms with Crippen LogP contribution >= 0.6 is 23.2 Å². The fraction of sp³-hybridized carbons (Fsp3) is 0. The second-order valence-electron chi connectivity index (χ2n) is 3.95. The first-order valence-electron chi connectivity index (χ1n) is 5.46. The number of non-ortho nitro benzene ring substituents is 1. The lowest BCUT2D eigenvalue weighted by Crippen LogP contribution is -1.98. The second-order valence-corrected chi connectivity index (χ2v) is 6.42. The number of rotatable bonds is 4. The predicted molar refractivity (Wildman–Crippen MR) is 79.8 cm³/mol. The van der Waals surface area contributed by atoms with Crippen molar-refractivity contribution in [2.75, 3.05) is 0 Å². The van der Waals surface area contributed by atoms with E-state index in [-0.39, 0.29) is 26.3 Å². The van der Waals surface area contributed by atoms with Crippen LogP contribution in [0.4, 0.5) is 11.4 Å². The maximum Gasteiger partial charge on any atom is 0.269 e. The standard InChI is InChI=1S/C12H7Cl2N2O4S/c13-8-5-9(14)7-10(6-8)15-21(19,20)12-3-1-11(2-4-12)16(17)18/h1-7H/q-1. The van der Waals surface area contributed by atoms with E-state index in [2.05, 4.69) is 4.72 Å². The van der Waals surface area contributed by atoms with Crippen LogP contribution in [0.1, 0.15) is 0 Å². The lowest BCUT2D eigenvalue weighted by Gasteiger charge is -2.22. The van der Waals surface area contributed by atoms with Gasteiger partial charge in [-0.2, -0.15) is 0 Å². The molecule has 21 heavy (non-hydrogen) atoms. The molecule has 0 heterocycles. The van der Waals surface area contributed by atoms with Gasteiger partial charge in [0.2, 0.25) is 0 Å². The van der Waals surface area contributed by atoms with Gasteiger partial charge in [0.15, 0.2) is 0 Å². The number of hydrogen-bond acceptors (Lipinski definition) is 4. The maximum absolute atomic E-state index is 12.1. The molecule has 0 saturated heterocycles. The molecule has 0 atom stereocenters. The highest BCUT2D eigenvalue weighted by Crippen LogP contribution is 2.32. The molecule has 2 aromatic carbocycles. The largest absolute Gasteiger partial charge is 0.573 e. The Morgan fingerprint density at radius 3 is 2.00 bits per heavy atom. The molecule has 9 heteroatoms. The van der Waals surface area contributed by atoms with Crippen LogP contribution in [-0.2, 0) is 10.0 Å². The number of nitro benzene ring substituents is 1. The Hall–Kier alpha value is -1.83. The van der Waals surface area contributed by atoms with Crippen molar-refractivity contribution in [3.05, 3.63) is 67.3 Å². The van der Waals surface area contributed by atoms with Crippen molar-refractivity contribution < 1.29 is 13.3 Å². The molecule has 2 rings (SSSR count). The van der Waals surface area contributed by atoms with E-state index in [1.54, 1.807) is 0 Å². The number of sulfonamides is 1. The molecular formula is C12H7Cl2N2O4S-. The monoisotopic (exact) mass is 345 g/mol. The van der Waals surface area contributed by atoms with Gasteiger partial charge in [0.1, 0.15) is 10.0 Å². The van der Waals surface area contributed by atoms with Crippen LogP contribution in [-0.4, -0.2) is 13.3 Å². The van der Waals surface area contributed by atoms with Gasteiger partial charge in [-0.1, -0.05) is 35.3 Å². The molecule has 0 bridgehead atoms. The maximum atomic E-state index is 12.1. The molecule has 0 radical (unpaired) electrons. The average Bonchev–Trinajstić information content (AvgIpc) is 2.37. The zero-order chi connectivity index (χ0) is 15.6. The summed E-state index contributed by atoms with van der Waals surface area (Å²) in [6, 6.07) is 8.54. The highest BCUT2D eigenvalue weighted by atomic mass is 35.5. The third-order valence-electron chi connectivity index (χ3n) is 2.42. The van der Waals surface area contributed by atoms with Crippen molar-refractivity contribution in [2.24, 2.45) is 0 Å². The summed E-state index contributed by atoms with van der Waals surface area (Å²) in [5.74, 6) is 0. The quantitative estimate of drug-likeness (QED) is 0.610. The van der Waals surface area contributed by atoms with Crippen molar-refractivity contribution in [1.29, 1.82) is 0 Å². The summed E-state index contributed by atoms with van der Waals surface area (Å²) >= 11 is 11.5. The van der Waals surface area contributed by atoms with E-state index < -0.39 is 14.9 Å². The van der Waals surface area contributed by atoms with E-state index >= 15 is 0 Å². The van der Waals surface area contributed by atoms with Gasteiger partial charge in [0.05, 0.1) is 9.82 Å². The molecule has 0 fully saturated rings. The zero-order valence-electron chi connectivity index (χ0n) is 10.2. The van der Waals surface area contributed by atoms with Crippen molar-refractivity contribution in [1.82, 2.24) is 0 Å². The summed E-state index contributed by atoms with van der Waals surface area (Å²) < 4.78 is 27.8. The summed E-state index contributed by atoms with van der Waals surface area (Å²) in [6.07, 6.45) is 0. The molecule has 0 aliphatic heterocycles. The van der Waals surface area contributed by atoms with Crippen LogP contribution < -0.4 is 0 Å². The Bertz CT molecular complexity index is 771. The predicted octanol–water partition coefficient (Wildman–Crippen LogP) is 4.30. The Kier molecular flexibility index (Phi) is 4.36. The normalized spacial score (nSPS) is 11.1. The van der Waals surface area contributed by atoms with E-state index in [0.29, 0.717) is 0 Å². The molecule has 0 aromatic heterocycles. The molecule has 110 valence electrons. The highest BCUT2D eigenvalue weighted by Gasteiger charge is 2.09. The first kappa shape index (κ1) is 15.6. The fourth-order valence-electron chi connectivity index (χ4n) is 1.52. The number of halogens is 2. The Balaban J connectivity index is 2.31. The van der Waals surface area contributed by atoms with E-state index in [4.69, 9.17) is 23.2 Å². The van der Waals surface area contributed by atoms with E-state index in [1.807, 2.05) is 0 Å². The minimum atomic E-state index is -4.00. The first-order valence-corrected chi connectivity index (χ1v) is 7.66. The average molecular weight is 346 g/mol. The van der Waals surface area contributed by atoms with Crippen LogP contribution in [0.25, 0.3) is 4.72 Å². The summed E-state index contributed by atoms with van der Waals surface area (Å²) in [6.45, 7) is 0. The van der Waals surface area contributed by atoms with Crippen molar-refractivity contribution in [3.63, 3.8) is 0 Å².